The molecule has 0 aromatic heterocycles. The summed E-state index contributed by atoms with van der Waals surface area (Å²) in [4.78, 5) is 1.43. The summed E-state index contributed by atoms with van der Waals surface area (Å²) in [7, 11) is 0. The van der Waals surface area contributed by atoms with Gasteiger partial charge in [0.2, 0.25) is 0 Å². The van der Waals surface area contributed by atoms with E-state index < -0.39 is 12.2 Å². The number of aryl methyl sites for hydroxylation is 1. The molecule has 1 aromatic rings. The van der Waals surface area contributed by atoms with Gasteiger partial charge in [0.25, 0.3) is 0 Å². The average Bonchev–Trinajstić information content (AvgIpc) is 2.34. The van der Waals surface area contributed by atoms with Crippen LogP contribution < -0.4 is 5.32 Å². The second kappa shape index (κ2) is 6.65. The van der Waals surface area contributed by atoms with Crippen molar-refractivity contribution in [2.75, 3.05) is 26.2 Å². The van der Waals surface area contributed by atoms with Gasteiger partial charge in [-0.1, -0.05) is 12.1 Å². The Hall–Kier alpha value is -0.980. The monoisotopic (exact) mass is 310 g/mol. The van der Waals surface area contributed by atoms with Crippen LogP contribution in [0.3, 0.4) is 0 Å². The van der Waals surface area contributed by atoms with Crippen LogP contribution in [-0.4, -0.2) is 42.4 Å². The number of benzene rings is 1. The Morgan fingerprint density at radius 1 is 1.25 bits per heavy atom. The third-order valence-corrected chi connectivity index (χ3v) is 3.36. The lowest BCUT2D eigenvalue weighted by molar-refractivity contribution is -0.187. The lowest BCUT2D eigenvalue weighted by Gasteiger charge is -2.36. The molecular formula is C13H18ClF3N2O. The molecule has 0 bridgehead atoms. The fourth-order valence-corrected chi connectivity index (χ4v) is 2.40. The minimum atomic E-state index is -4.32. The summed E-state index contributed by atoms with van der Waals surface area (Å²) in [6, 6.07) is 2.48. The summed E-state index contributed by atoms with van der Waals surface area (Å²) in [5, 5.41) is 12.5. The topological polar surface area (TPSA) is 35.5 Å². The maximum atomic E-state index is 13.3. The van der Waals surface area contributed by atoms with Crippen LogP contribution >= 0.6 is 12.4 Å². The number of nitrogens with zero attached hydrogens (tertiary/aromatic N) is 1. The summed E-state index contributed by atoms with van der Waals surface area (Å²) in [6.07, 6.45) is -4.32. The van der Waals surface area contributed by atoms with Crippen LogP contribution in [0.15, 0.2) is 18.2 Å². The maximum Gasteiger partial charge on any atom is 0.408 e. The Kier molecular flexibility index (Phi) is 5.68. The van der Waals surface area contributed by atoms with Crippen molar-refractivity contribution in [3.8, 4) is 5.75 Å². The Morgan fingerprint density at radius 3 is 2.35 bits per heavy atom. The number of phenols is 1. The van der Waals surface area contributed by atoms with Gasteiger partial charge < -0.3 is 10.4 Å². The van der Waals surface area contributed by atoms with E-state index in [0.717, 1.165) is 0 Å². The Balaban J connectivity index is 0.00000200. The number of hydrogen-bond donors (Lipinski definition) is 2. The molecule has 1 aromatic carbocycles. The molecule has 1 fully saturated rings. The molecule has 7 heteroatoms. The van der Waals surface area contributed by atoms with Crippen LogP contribution in [0, 0.1) is 6.92 Å². The Bertz CT molecular complexity index is 448. The van der Waals surface area contributed by atoms with E-state index in [1.807, 2.05) is 0 Å². The van der Waals surface area contributed by atoms with Gasteiger partial charge in [0.05, 0.1) is 0 Å². The molecule has 1 aliphatic rings. The summed E-state index contributed by atoms with van der Waals surface area (Å²) >= 11 is 0. The average molecular weight is 311 g/mol. The summed E-state index contributed by atoms with van der Waals surface area (Å²) in [5.41, 5.74) is 0.645. The predicted octanol–water partition coefficient (Wildman–Crippen LogP) is 2.63. The molecule has 3 nitrogen and oxygen atoms in total. The molecule has 1 heterocycles. The van der Waals surface area contributed by atoms with E-state index in [-0.39, 0.29) is 23.7 Å². The van der Waals surface area contributed by atoms with E-state index >= 15 is 0 Å². The van der Waals surface area contributed by atoms with Gasteiger partial charge >= 0.3 is 6.18 Å². The van der Waals surface area contributed by atoms with Crippen LogP contribution in [0.4, 0.5) is 13.2 Å². The highest BCUT2D eigenvalue weighted by molar-refractivity contribution is 5.85. The van der Waals surface area contributed by atoms with Gasteiger partial charge in [0.1, 0.15) is 11.8 Å². The number of phenolic OH excluding ortho intramolecular Hbond substituents is 1. The van der Waals surface area contributed by atoms with E-state index in [1.54, 1.807) is 6.92 Å². The van der Waals surface area contributed by atoms with Crippen LogP contribution in [0.25, 0.3) is 0 Å². The lowest BCUT2D eigenvalue weighted by Crippen LogP contribution is -2.49. The molecule has 0 aliphatic carbocycles. The van der Waals surface area contributed by atoms with Gasteiger partial charge in [-0.15, -0.1) is 12.4 Å². The Morgan fingerprint density at radius 2 is 1.85 bits per heavy atom. The van der Waals surface area contributed by atoms with Crippen LogP contribution in [0.2, 0.25) is 0 Å². The lowest BCUT2D eigenvalue weighted by atomic mass is 10.0. The number of aromatic hydroxyl groups is 1. The van der Waals surface area contributed by atoms with E-state index in [4.69, 9.17) is 0 Å². The van der Waals surface area contributed by atoms with E-state index in [9.17, 15) is 18.3 Å². The van der Waals surface area contributed by atoms with Gasteiger partial charge in [0.15, 0.2) is 0 Å². The second-order valence-electron chi connectivity index (χ2n) is 4.78. The van der Waals surface area contributed by atoms with Crippen molar-refractivity contribution >= 4 is 12.4 Å². The molecule has 0 spiro atoms. The van der Waals surface area contributed by atoms with Crippen LogP contribution in [0.5, 0.6) is 5.75 Å². The minimum Gasteiger partial charge on any atom is -0.508 e. The predicted molar refractivity (Wildman–Crippen MR) is 73.3 cm³/mol. The first-order chi connectivity index (χ1) is 8.89. The molecule has 0 amide bonds. The number of nitrogens with one attached hydrogen (secondary N) is 1. The fourth-order valence-electron chi connectivity index (χ4n) is 2.40. The van der Waals surface area contributed by atoms with E-state index in [1.165, 1.54) is 23.1 Å². The number of hydrogen-bond acceptors (Lipinski definition) is 3. The highest BCUT2D eigenvalue weighted by Crippen LogP contribution is 2.38. The molecule has 0 radical (unpaired) electrons. The summed E-state index contributed by atoms with van der Waals surface area (Å²) in [5.74, 6) is 0.0185. The highest BCUT2D eigenvalue weighted by Gasteiger charge is 2.44. The maximum absolute atomic E-state index is 13.3. The Labute approximate surface area is 122 Å². The summed E-state index contributed by atoms with van der Waals surface area (Å²) < 4.78 is 39.9. The van der Waals surface area contributed by atoms with Crippen molar-refractivity contribution in [2.45, 2.75) is 19.1 Å². The zero-order valence-electron chi connectivity index (χ0n) is 11.1. The molecule has 1 saturated heterocycles. The number of rotatable bonds is 2. The SMILES string of the molecule is Cc1cc([C@@H](N2CCNCC2)C(F)(F)F)ccc1O.Cl. The van der Waals surface area contributed by atoms with Gasteiger partial charge in [-0.3, -0.25) is 4.90 Å². The number of piperazine rings is 1. The molecule has 2 rings (SSSR count). The molecule has 2 N–H and O–H groups in total. The first-order valence-electron chi connectivity index (χ1n) is 6.20. The van der Waals surface area contributed by atoms with Crippen molar-refractivity contribution in [3.63, 3.8) is 0 Å². The molecular weight excluding hydrogens is 293 g/mol. The zero-order chi connectivity index (χ0) is 14.0. The van der Waals surface area contributed by atoms with E-state index in [2.05, 4.69) is 5.32 Å². The van der Waals surface area contributed by atoms with Crippen LogP contribution in [-0.2, 0) is 0 Å². The highest BCUT2D eigenvalue weighted by atomic mass is 35.5. The second-order valence-corrected chi connectivity index (χ2v) is 4.78. The van der Waals surface area contributed by atoms with Crippen LogP contribution in [0.1, 0.15) is 17.2 Å². The van der Waals surface area contributed by atoms with Crippen molar-refractivity contribution in [2.24, 2.45) is 0 Å². The van der Waals surface area contributed by atoms with Crippen molar-refractivity contribution < 1.29 is 18.3 Å². The normalized spacial score (nSPS) is 18.4. The quantitative estimate of drug-likeness (QED) is 0.881. The third-order valence-electron chi connectivity index (χ3n) is 3.36. The molecule has 0 unspecified atom stereocenters. The minimum absolute atomic E-state index is 0. The largest absolute Gasteiger partial charge is 0.508 e. The van der Waals surface area contributed by atoms with E-state index in [0.29, 0.717) is 31.7 Å². The van der Waals surface area contributed by atoms with Crippen molar-refractivity contribution in [1.29, 1.82) is 0 Å². The molecule has 1 atom stereocenters. The molecule has 114 valence electrons. The van der Waals surface area contributed by atoms with Crippen molar-refractivity contribution in [3.05, 3.63) is 29.3 Å². The van der Waals surface area contributed by atoms with Crippen molar-refractivity contribution in [1.82, 2.24) is 10.2 Å². The zero-order valence-corrected chi connectivity index (χ0v) is 11.9. The molecule has 1 aliphatic heterocycles. The number of halogens is 4. The first-order valence-corrected chi connectivity index (χ1v) is 6.20. The first kappa shape index (κ1) is 17.1. The third kappa shape index (κ3) is 3.77. The smallest absolute Gasteiger partial charge is 0.408 e. The molecule has 0 saturated carbocycles. The fraction of sp³-hybridized carbons (Fsp3) is 0.538. The summed E-state index contributed by atoms with van der Waals surface area (Å²) in [6.45, 7) is 3.45. The van der Waals surface area contributed by atoms with Gasteiger partial charge in [-0.2, -0.15) is 13.2 Å². The molecule has 20 heavy (non-hydrogen) atoms. The van der Waals surface area contributed by atoms with Gasteiger partial charge in [-0.25, -0.2) is 0 Å². The standard InChI is InChI=1S/C13H17F3N2O.ClH/c1-9-8-10(2-3-11(9)19)12(13(14,15)16)18-6-4-17-5-7-18;/h2-3,8,12,17,19H,4-7H2,1H3;1H/t12-;/m1./s1. The van der Waals surface area contributed by atoms with Gasteiger partial charge in [0, 0.05) is 26.2 Å². The number of alkyl halides is 3. The van der Waals surface area contributed by atoms with Gasteiger partial charge in [-0.05, 0) is 24.1 Å².